The number of nitrogens with one attached hydrogen (secondary N) is 2. The minimum Gasteiger partial charge on any atom is -0.370 e. The van der Waals surface area contributed by atoms with Crippen molar-refractivity contribution in [1.82, 2.24) is 15.6 Å². The van der Waals surface area contributed by atoms with Gasteiger partial charge in [0.2, 0.25) is 0 Å². The van der Waals surface area contributed by atoms with Gasteiger partial charge in [0.15, 0.2) is 11.1 Å². The van der Waals surface area contributed by atoms with Gasteiger partial charge in [-0.1, -0.05) is 11.6 Å². The lowest BCUT2D eigenvalue weighted by atomic mass is 10.3. The molecule has 17 heavy (non-hydrogen) atoms. The van der Waals surface area contributed by atoms with Gasteiger partial charge in [-0.2, -0.15) is 0 Å². The molecule has 4 N–H and O–H groups in total. The van der Waals surface area contributed by atoms with Gasteiger partial charge in [-0.25, -0.2) is 0 Å². The largest absolute Gasteiger partial charge is 0.370 e. The SMILES string of the molecule is CN=C(N)NC(=S)NCCc1ncccc1Cl. The molecule has 0 aliphatic rings. The molecule has 1 aromatic heterocycles. The van der Waals surface area contributed by atoms with Crippen LogP contribution in [0.15, 0.2) is 23.3 Å². The van der Waals surface area contributed by atoms with Gasteiger partial charge >= 0.3 is 0 Å². The second-order valence-electron chi connectivity index (χ2n) is 3.17. The van der Waals surface area contributed by atoms with Gasteiger partial charge in [0, 0.05) is 26.2 Å². The highest BCUT2D eigenvalue weighted by atomic mass is 35.5. The zero-order valence-corrected chi connectivity index (χ0v) is 11.0. The number of guanidine groups is 1. The molecular formula is C10H14ClN5S. The number of thiocarbonyl (C=S) groups is 1. The summed E-state index contributed by atoms with van der Waals surface area (Å²) in [7, 11) is 1.58. The summed E-state index contributed by atoms with van der Waals surface area (Å²) >= 11 is 11.0. The second kappa shape index (κ2) is 7.03. The number of hydrogen-bond donors (Lipinski definition) is 3. The fourth-order valence-electron chi connectivity index (χ4n) is 1.11. The zero-order chi connectivity index (χ0) is 12.7. The smallest absolute Gasteiger partial charge is 0.194 e. The number of rotatable bonds is 3. The van der Waals surface area contributed by atoms with E-state index in [4.69, 9.17) is 29.6 Å². The molecular weight excluding hydrogens is 258 g/mol. The Hall–Kier alpha value is -1.40. The third-order valence-corrected chi connectivity index (χ3v) is 2.56. The molecule has 0 saturated carbocycles. The lowest BCUT2D eigenvalue weighted by Crippen LogP contribution is -2.43. The molecule has 0 spiro atoms. The standard InChI is InChI=1S/C10H14ClN5S/c1-13-9(12)16-10(17)15-6-4-8-7(11)3-2-5-14-8/h2-3,5H,4,6H2,1H3,(H4,12,13,15,16,17). The summed E-state index contributed by atoms with van der Waals surface area (Å²) in [6.07, 6.45) is 2.39. The van der Waals surface area contributed by atoms with Crippen LogP contribution in [-0.2, 0) is 6.42 Å². The number of halogens is 1. The van der Waals surface area contributed by atoms with E-state index in [2.05, 4.69) is 20.6 Å². The predicted molar refractivity (Wildman–Crippen MR) is 74.2 cm³/mol. The summed E-state index contributed by atoms with van der Waals surface area (Å²) in [4.78, 5) is 7.90. The van der Waals surface area contributed by atoms with Crippen LogP contribution in [-0.4, -0.2) is 29.6 Å². The van der Waals surface area contributed by atoms with Crippen molar-refractivity contribution in [2.24, 2.45) is 10.7 Å². The van der Waals surface area contributed by atoms with Gasteiger partial charge in [0.05, 0.1) is 10.7 Å². The fraction of sp³-hybridized carbons (Fsp3) is 0.300. The molecule has 0 unspecified atom stereocenters. The van der Waals surface area contributed by atoms with Gasteiger partial charge in [-0.15, -0.1) is 0 Å². The molecule has 0 atom stereocenters. The topological polar surface area (TPSA) is 75.3 Å². The van der Waals surface area contributed by atoms with Crippen molar-refractivity contribution >= 4 is 34.9 Å². The average Bonchev–Trinajstić information content (AvgIpc) is 2.31. The maximum atomic E-state index is 5.97. The summed E-state index contributed by atoms with van der Waals surface area (Å²) in [5.74, 6) is 0.276. The summed E-state index contributed by atoms with van der Waals surface area (Å²) in [5, 5.41) is 6.80. The summed E-state index contributed by atoms with van der Waals surface area (Å²) in [5.41, 5.74) is 6.29. The molecule has 0 aliphatic heterocycles. The van der Waals surface area contributed by atoms with E-state index < -0.39 is 0 Å². The molecule has 92 valence electrons. The first-order valence-electron chi connectivity index (χ1n) is 5.00. The fourth-order valence-corrected chi connectivity index (χ4v) is 1.54. The molecule has 0 fully saturated rings. The molecule has 0 radical (unpaired) electrons. The van der Waals surface area contributed by atoms with Crippen LogP contribution in [0, 0.1) is 0 Å². The predicted octanol–water partition coefficient (Wildman–Crippen LogP) is 0.686. The van der Waals surface area contributed by atoms with E-state index in [9.17, 15) is 0 Å². The lowest BCUT2D eigenvalue weighted by molar-refractivity contribution is 0.837. The van der Waals surface area contributed by atoms with Crippen LogP contribution in [0.4, 0.5) is 0 Å². The van der Waals surface area contributed by atoms with Crippen molar-refractivity contribution in [3.8, 4) is 0 Å². The molecule has 0 bridgehead atoms. The van der Waals surface area contributed by atoms with Crippen LogP contribution in [0.5, 0.6) is 0 Å². The highest BCUT2D eigenvalue weighted by Crippen LogP contribution is 2.11. The Morgan fingerprint density at radius 1 is 1.65 bits per heavy atom. The van der Waals surface area contributed by atoms with Gasteiger partial charge < -0.3 is 16.4 Å². The van der Waals surface area contributed by atoms with E-state index in [1.165, 1.54) is 0 Å². The van der Waals surface area contributed by atoms with Crippen LogP contribution >= 0.6 is 23.8 Å². The Balaban J connectivity index is 2.33. The normalized spacial score (nSPS) is 11.1. The lowest BCUT2D eigenvalue weighted by Gasteiger charge is -2.09. The van der Waals surface area contributed by atoms with Crippen LogP contribution in [0.2, 0.25) is 5.02 Å². The molecule has 0 aromatic carbocycles. The monoisotopic (exact) mass is 271 g/mol. The van der Waals surface area contributed by atoms with Gasteiger partial charge in [-0.05, 0) is 24.4 Å². The number of nitrogens with two attached hydrogens (primary N) is 1. The summed E-state index contributed by atoms with van der Waals surface area (Å²) in [6.45, 7) is 0.625. The van der Waals surface area contributed by atoms with Crippen LogP contribution in [0.3, 0.4) is 0 Å². The highest BCUT2D eigenvalue weighted by molar-refractivity contribution is 7.80. The first kappa shape index (κ1) is 13.7. The van der Waals surface area contributed by atoms with E-state index in [0.717, 1.165) is 5.69 Å². The Bertz CT molecular complexity index is 421. The van der Waals surface area contributed by atoms with Crippen molar-refractivity contribution in [2.45, 2.75) is 6.42 Å². The third kappa shape index (κ3) is 4.97. The maximum Gasteiger partial charge on any atom is 0.194 e. The molecule has 7 heteroatoms. The number of aromatic nitrogens is 1. The maximum absolute atomic E-state index is 5.97. The van der Waals surface area contributed by atoms with E-state index in [-0.39, 0.29) is 5.96 Å². The first-order valence-corrected chi connectivity index (χ1v) is 5.78. The van der Waals surface area contributed by atoms with E-state index >= 15 is 0 Å². The van der Waals surface area contributed by atoms with Gasteiger partial charge in [0.25, 0.3) is 0 Å². The Labute approximate surface area is 110 Å². The molecule has 1 rings (SSSR count). The minimum atomic E-state index is 0.276. The van der Waals surface area contributed by atoms with Crippen molar-refractivity contribution < 1.29 is 0 Å². The van der Waals surface area contributed by atoms with E-state index in [1.807, 2.05) is 6.07 Å². The number of aliphatic imine (C=N–C) groups is 1. The van der Waals surface area contributed by atoms with Crippen molar-refractivity contribution in [2.75, 3.05) is 13.6 Å². The van der Waals surface area contributed by atoms with E-state index in [1.54, 1.807) is 19.3 Å². The van der Waals surface area contributed by atoms with Crippen LogP contribution < -0.4 is 16.4 Å². The minimum absolute atomic E-state index is 0.276. The quantitative estimate of drug-likeness (QED) is 0.428. The van der Waals surface area contributed by atoms with Gasteiger partial charge in [-0.3, -0.25) is 9.98 Å². The molecule has 0 amide bonds. The van der Waals surface area contributed by atoms with E-state index in [0.29, 0.717) is 23.1 Å². The Morgan fingerprint density at radius 3 is 3.06 bits per heavy atom. The highest BCUT2D eigenvalue weighted by Gasteiger charge is 2.01. The summed E-state index contributed by atoms with van der Waals surface area (Å²) < 4.78 is 0. The molecule has 0 saturated heterocycles. The third-order valence-electron chi connectivity index (χ3n) is 1.96. The molecule has 1 aromatic rings. The first-order chi connectivity index (χ1) is 8.13. The number of hydrogen-bond acceptors (Lipinski definition) is 3. The van der Waals surface area contributed by atoms with Gasteiger partial charge in [0.1, 0.15) is 0 Å². The summed E-state index contributed by atoms with van der Waals surface area (Å²) in [6, 6.07) is 3.60. The zero-order valence-electron chi connectivity index (χ0n) is 9.40. The van der Waals surface area contributed by atoms with Crippen molar-refractivity contribution in [3.63, 3.8) is 0 Å². The number of nitrogens with zero attached hydrogens (tertiary/aromatic N) is 2. The molecule has 5 nitrogen and oxygen atoms in total. The van der Waals surface area contributed by atoms with Crippen molar-refractivity contribution in [1.29, 1.82) is 0 Å². The number of pyridine rings is 1. The Kier molecular flexibility index (Phi) is 5.65. The van der Waals surface area contributed by atoms with Crippen LogP contribution in [0.1, 0.15) is 5.69 Å². The van der Waals surface area contributed by atoms with Crippen molar-refractivity contribution in [3.05, 3.63) is 29.0 Å². The molecule has 1 heterocycles. The second-order valence-corrected chi connectivity index (χ2v) is 3.99. The van der Waals surface area contributed by atoms with Crippen LogP contribution in [0.25, 0.3) is 0 Å². The Morgan fingerprint density at radius 2 is 2.41 bits per heavy atom. The average molecular weight is 272 g/mol. The molecule has 0 aliphatic carbocycles.